The van der Waals surface area contributed by atoms with Crippen molar-refractivity contribution in [2.24, 2.45) is 5.41 Å². The maximum absolute atomic E-state index is 12.3. The summed E-state index contributed by atoms with van der Waals surface area (Å²) < 4.78 is 12.7. The first-order valence-electron chi connectivity index (χ1n) is 8.71. The number of hydrogen-bond acceptors (Lipinski definition) is 4. The molecule has 0 bridgehead atoms. The first-order valence-corrected chi connectivity index (χ1v) is 8.71. The molecule has 4 rings (SSSR count). The SMILES string of the molecule is COc1cccc(-n2cc(CN3CC4(CCOC4)CCC3=O)cn2)c1. The van der Waals surface area contributed by atoms with E-state index in [-0.39, 0.29) is 11.3 Å². The Bertz CT molecular complexity index is 765. The number of hydrogen-bond donors (Lipinski definition) is 0. The van der Waals surface area contributed by atoms with Crippen molar-refractivity contribution in [2.75, 3.05) is 26.9 Å². The number of aromatic nitrogens is 2. The van der Waals surface area contributed by atoms with Gasteiger partial charge in [-0.3, -0.25) is 4.79 Å². The summed E-state index contributed by atoms with van der Waals surface area (Å²) in [7, 11) is 1.65. The van der Waals surface area contributed by atoms with E-state index in [2.05, 4.69) is 5.10 Å². The zero-order chi connectivity index (χ0) is 17.3. The van der Waals surface area contributed by atoms with Crippen molar-refractivity contribution in [3.8, 4) is 11.4 Å². The molecular formula is C19H23N3O3. The van der Waals surface area contributed by atoms with Gasteiger partial charge in [-0.2, -0.15) is 5.10 Å². The number of benzene rings is 1. The van der Waals surface area contributed by atoms with Crippen LogP contribution in [-0.4, -0.2) is 47.5 Å². The van der Waals surface area contributed by atoms with Gasteiger partial charge in [0.05, 0.1) is 25.6 Å². The normalized spacial score (nSPS) is 23.4. The van der Waals surface area contributed by atoms with Gasteiger partial charge in [0, 0.05) is 49.4 Å². The van der Waals surface area contributed by atoms with Crippen LogP contribution in [0.2, 0.25) is 0 Å². The molecule has 0 N–H and O–H groups in total. The van der Waals surface area contributed by atoms with E-state index in [4.69, 9.17) is 9.47 Å². The highest BCUT2D eigenvalue weighted by Gasteiger charge is 2.41. The molecule has 1 atom stereocenters. The first-order chi connectivity index (χ1) is 12.2. The fourth-order valence-electron chi connectivity index (χ4n) is 3.77. The molecule has 1 amide bonds. The highest BCUT2D eigenvalue weighted by atomic mass is 16.5. The maximum Gasteiger partial charge on any atom is 0.222 e. The summed E-state index contributed by atoms with van der Waals surface area (Å²) in [6, 6.07) is 7.76. The van der Waals surface area contributed by atoms with Gasteiger partial charge in [-0.25, -0.2) is 4.68 Å². The monoisotopic (exact) mass is 341 g/mol. The molecule has 6 heteroatoms. The molecule has 2 aromatic rings. The van der Waals surface area contributed by atoms with Crippen LogP contribution in [-0.2, 0) is 16.1 Å². The molecule has 2 fully saturated rings. The smallest absolute Gasteiger partial charge is 0.222 e. The van der Waals surface area contributed by atoms with Crippen molar-refractivity contribution in [3.05, 3.63) is 42.2 Å². The Morgan fingerprint density at radius 2 is 2.28 bits per heavy atom. The molecule has 0 radical (unpaired) electrons. The van der Waals surface area contributed by atoms with E-state index in [9.17, 15) is 4.79 Å². The van der Waals surface area contributed by atoms with E-state index in [0.29, 0.717) is 13.0 Å². The quantitative estimate of drug-likeness (QED) is 0.857. The lowest BCUT2D eigenvalue weighted by atomic mass is 9.79. The third-order valence-electron chi connectivity index (χ3n) is 5.26. The highest BCUT2D eigenvalue weighted by Crippen LogP contribution is 2.38. The molecule has 0 saturated carbocycles. The number of methoxy groups -OCH3 is 1. The summed E-state index contributed by atoms with van der Waals surface area (Å²) >= 11 is 0. The van der Waals surface area contributed by atoms with Crippen LogP contribution < -0.4 is 4.74 Å². The third kappa shape index (κ3) is 3.26. The molecule has 6 nitrogen and oxygen atoms in total. The van der Waals surface area contributed by atoms with Gasteiger partial charge in [-0.15, -0.1) is 0 Å². The van der Waals surface area contributed by atoms with Crippen molar-refractivity contribution >= 4 is 5.91 Å². The summed E-state index contributed by atoms with van der Waals surface area (Å²) in [5.41, 5.74) is 2.14. The highest BCUT2D eigenvalue weighted by molar-refractivity contribution is 5.77. The molecule has 1 unspecified atom stereocenters. The van der Waals surface area contributed by atoms with E-state index >= 15 is 0 Å². The van der Waals surface area contributed by atoms with E-state index in [1.54, 1.807) is 7.11 Å². The second kappa shape index (κ2) is 6.52. The second-order valence-corrected chi connectivity index (χ2v) is 7.05. The van der Waals surface area contributed by atoms with Gasteiger partial charge in [0.15, 0.2) is 0 Å². The number of amides is 1. The van der Waals surface area contributed by atoms with Gasteiger partial charge in [0.1, 0.15) is 5.75 Å². The number of carbonyl (C=O) groups is 1. The summed E-state index contributed by atoms with van der Waals surface area (Å²) in [5.74, 6) is 1.02. The minimum absolute atomic E-state index is 0.163. The molecule has 3 heterocycles. The van der Waals surface area contributed by atoms with Crippen molar-refractivity contribution in [3.63, 3.8) is 0 Å². The molecule has 1 spiro atoms. The molecule has 2 saturated heterocycles. The third-order valence-corrected chi connectivity index (χ3v) is 5.26. The van der Waals surface area contributed by atoms with Crippen molar-refractivity contribution in [1.29, 1.82) is 0 Å². The standard InChI is InChI=1S/C19H23N3O3/c1-24-17-4-2-3-16(9-17)22-12-15(10-20-22)11-21-13-19(6-5-18(21)23)7-8-25-14-19/h2-4,9-10,12H,5-8,11,13-14H2,1H3. The molecule has 1 aromatic carbocycles. The van der Waals surface area contributed by atoms with Gasteiger partial charge in [-0.1, -0.05) is 6.07 Å². The van der Waals surface area contributed by atoms with Gasteiger partial charge in [-0.05, 0) is 25.0 Å². The summed E-state index contributed by atoms with van der Waals surface area (Å²) in [6.45, 7) is 2.98. The van der Waals surface area contributed by atoms with Gasteiger partial charge < -0.3 is 14.4 Å². The Morgan fingerprint density at radius 3 is 3.08 bits per heavy atom. The number of piperidine rings is 1. The zero-order valence-corrected chi connectivity index (χ0v) is 14.5. The van der Waals surface area contributed by atoms with Crippen LogP contribution >= 0.6 is 0 Å². The fourth-order valence-corrected chi connectivity index (χ4v) is 3.77. The lowest BCUT2D eigenvalue weighted by Crippen LogP contribution is -2.46. The molecule has 1 aromatic heterocycles. The Kier molecular flexibility index (Phi) is 4.21. The van der Waals surface area contributed by atoms with Crippen LogP contribution in [0.15, 0.2) is 36.7 Å². The Morgan fingerprint density at radius 1 is 1.36 bits per heavy atom. The van der Waals surface area contributed by atoms with Gasteiger partial charge >= 0.3 is 0 Å². The number of ether oxygens (including phenoxy) is 2. The van der Waals surface area contributed by atoms with Crippen molar-refractivity contribution < 1.29 is 14.3 Å². The molecular weight excluding hydrogens is 318 g/mol. The number of carbonyl (C=O) groups excluding carboxylic acids is 1. The summed E-state index contributed by atoms with van der Waals surface area (Å²) in [6.07, 6.45) is 6.44. The lowest BCUT2D eigenvalue weighted by molar-refractivity contribution is -0.138. The molecule has 132 valence electrons. The zero-order valence-electron chi connectivity index (χ0n) is 14.5. The van der Waals surface area contributed by atoms with Crippen LogP contribution in [0.1, 0.15) is 24.8 Å². The van der Waals surface area contributed by atoms with E-state index in [1.807, 2.05) is 46.2 Å². The molecule has 0 aliphatic carbocycles. The largest absolute Gasteiger partial charge is 0.497 e. The first kappa shape index (κ1) is 16.1. The van der Waals surface area contributed by atoms with Crippen molar-refractivity contribution in [2.45, 2.75) is 25.8 Å². The number of likely N-dealkylation sites (tertiary alicyclic amines) is 1. The number of nitrogens with zero attached hydrogens (tertiary/aromatic N) is 3. The minimum Gasteiger partial charge on any atom is -0.497 e. The van der Waals surface area contributed by atoms with E-state index in [0.717, 1.165) is 49.6 Å². The molecule has 2 aliphatic heterocycles. The Hall–Kier alpha value is -2.34. The second-order valence-electron chi connectivity index (χ2n) is 7.05. The van der Waals surface area contributed by atoms with Crippen LogP contribution in [0.3, 0.4) is 0 Å². The average molecular weight is 341 g/mol. The fraction of sp³-hybridized carbons (Fsp3) is 0.474. The lowest BCUT2D eigenvalue weighted by Gasteiger charge is -2.39. The van der Waals surface area contributed by atoms with Crippen LogP contribution in [0.5, 0.6) is 5.75 Å². The predicted octanol–water partition coefficient (Wildman–Crippen LogP) is 2.41. The molecule has 25 heavy (non-hydrogen) atoms. The Balaban J connectivity index is 1.49. The Labute approximate surface area is 147 Å². The van der Waals surface area contributed by atoms with E-state index in [1.165, 1.54) is 0 Å². The topological polar surface area (TPSA) is 56.6 Å². The van der Waals surface area contributed by atoms with Crippen molar-refractivity contribution in [1.82, 2.24) is 14.7 Å². The van der Waals surface area contributed by atoms with Crippen LogP contribution in [0.4, 0.5) is 0 Å². The van der Waals surface area contributed by atoms with Crippen LogP contribution in [0, 0.1) is 5.41 Å². The predicted molar refractivity (Wildman–Crippen MR) is 92.6 cm³/mol. The van der Waals surface area contributed by atoms with E-state index < -0.39 is 0 Å². The maximum atomic E-state index is 12.3. The average Bonchev–Trinajstić information content (AvgIpc) is 3.29. The van der Waals surface area contributed by atoms with Gasteiger partial charge in [0.2, 0.25) is 5.91 Å². The molecule has 2 aliphatic rings. The van der Waals surface area contributed by atoms with Gasteiger partial charge in [0.25, 0.3) is 0 Å². The number of rotatable bonds is 4. The summed E-state index contributed by atoms with van der Waals surface area (Å²) in [5, 5.41) is 4.44. The minimum atomic E-state index is 0.163. The van der Waals surface area contributed by atoms with Crippen LogP contribution in [0.25, 0.3) is 5.69 Å². The summed E-state index contributed by atoms with van der Waals surface area (Å²) in [4.78, 5) is 14.3.